The molecule has 2 saturated carbocycles. The second-order valence-corrected chi connectivity index (χ2v) is 6.36. The monoisotopic (exact) mass is 239 g/mol. The second-order valence-electron chi connectivity index (χ2n) is 6.36. The molecular weight excluding hydrogens is 210 g/mol. The maximum atomic E-state index is 9.85. The highest BCUT2D eigenvalue weighted by Gasteiger charge is 2.28. The highest BCUT2D eigenvalue weighted by molar-refractivity contribution is 4.82. The molecule has 2 fully saturated rings. The minimum absolute atomic E-state index is 0.00724. The van der Waals surface area contributed by atoms with E-state index < -0.39 is 0 Å². The molecule has 100 valence electrons. The Labute approximate surface area is 106 Å². The molecule has 17 heavy (non-hydrogen) atoms. The third kappa shape index (κ3) is 3.45. The van der Waals surface area contributed by atoms with Gasteiger partial charge in [0.2, 0.25) is 0 Å². The summed E-state index contributed by atoms with van der Waals surface area (Å²) < 4.78 is 0. The topological polar surface area (TPSA) is 23.5 Å². The quantitative estimate of drug-likeness (QED) is 0.815. The molecule has 4 atom stereocenters. The Balaban J connectivity index is 1.74. The minimum Gasteiger partial charge on any atom is -0.393 e. The Kier molecular flexibility index (Phi) is 4.87. The summed E-state index contributed by atoms with van der Waals surface area (Å²) in [6.45, 7) is 3.58. The van der Waals surface area contributed by atoms with Gasteiger partial charge in [-0.2, -0.15) is 0 Å². The first-order valence-electron chi connectivity index (χ1n) is 7.57. The molecular formula is C15H29NO. The lowest BCUT2D eigenvalue weighted by Crippen LogP contribution is -2.40. The van der Waals surface area contributed by atoms with E-state index in [4.69, 9.17) is 0 Å². The molecule has 0 aromatic carbocycles. The van der Waals surface area contributed by atoms with Crippen molar-refractivity contribution in [3.8, 4) is 0 Å². The lowest BCUT2D eigenvalue weighted by molar-refractivity contribution is 0.0983. The van der Waals surface area contributed by atoms with Crippen LogP contribution >= 0.6 is 0 Å². The molecule has 0 radical (unpaired) electrons. The summed E-state index contributed by atoms with van der Waals surface area (Å²) in [5.41, 5.74) is 0. The SMILES string of the molecule is CC1CCCCC1N(C)CCC1CCCC1O. The summed E-state index contributed by atoms with van der Waals surface area (Å²) in [6.07, 6.45) is 10.3. The largest absolute Gasteiger partial charge is 0.393 e. The van der Waals surface area contributed by atoms with Crippen LogP contribution in [0.1, 0.15) is 58.3 Å². The molecule has 2 heteroatoms. The van der Waals surface area contributed by atoms with Gasteiger partial charge in [-0.3, -0.25) is 0 Å². The zero-order chi connectivity index (χ0) is 12.3. The predicted molar refractivity (Wildman–Crippen MR) is 72.0 cm³/mol. The number of aliphatic hydroxyl groups is 1. The minimum atomic E-state index is -0.00724. The number of aliphatic hydroxyl groups excluding tert-OH is 1. The first-order chi connectivity index (χ1) is 8.18. The zero-order valence-corrected chi connectivity index (χ0v) is 11.6. The summed E-state index contributed by atoms with van der Waals surface area (Å²) in [4.78, 5) is 2.56. The van der Waals surface area contributed by atoms with E-state index in [0.717, 1.165) is 18.4 Å². The van der Waals surface area contributed by atoms with E-state index in [-0.39, 0.29) is 6.10 Å². The summed E-state index contributed by atoms with van der Waals surface area (Å²) in [6, 6.07) is 0.794. The standard InChI is InChI=1S/C15H29NO/c1-12-6-3-4-8-14(12)16(2)11-10-13-7-5-9-15(13)17/h12-15,17H,3-11H2,1-2H3. The fourth-order valence-corrected chi connectivity index (χ4v) is 3.84. The molecule has 0 aromatic heterocycles. The lowest BCUT2D eigenvalue weighted by Gasteiger charge is -2.36. The van der Waals surface area contributed by atoms with Gasteiger partial charge in [0.25, 0.3) is 0 Å². The van der Waals surface area contributed by atoms with E-state index >= 15 is 0 Å². The van der Waals surface area contributed by atoms with Gasteiger partial charge in [0.15, 0.2) is 0 Å². The summed E-state index contributed by atoms with van der Waals surface area (Å²) in [7, 11) is 2.29. The van der Waals surface area contributed by atoms with Crippen molar-refractivity contribution in [2.45, 2.75) is 70.4 Å². The fourth-order valence-electron chi connectivity index (χ4n) is 3.84. The molecule has 2 aliphatic carbocycles. The number of hydrogen-bond donors (Lipinski definition) is 1. The van der Waals surface area contributed by atoms with Crippen LogP contribution in [0.15, 0.2) is 0 Å². The summed E-state index contributed by atoms with van der Waals surface area (Å²) in [5.74, 6) is 1.44. The van der Waals surface area contributed by atoms with E-state index in [1.165, 1.54) is 51.5 Å². The van der Waals surface area contributed by atoms with Gasteiger partial charge in [-0.15, -0.1) is 0 Å². The molecule has 2 rings (SSSR count). The predicted octanol–water partition coefficient (Wildman–Crippen LogP) is 3.05. The van der Waals surface area contributed by atoms with Gasteiger partial charge in [0.05, 0.1) is 6.10 Å². The number of rotatable bonds is 4. The average molecular weight is 239 g/mol. The maximum Gasteiger partial charge on any atom is 0.0568 e. The van der Waals surface area contributed by atoms with Crippen LogP contribution in [0.4, 0.5) is 0 Å². The number of nitrogens with zero attached hydrogens (tertiary/aromatic N) is 1. The summed E-state index contributed by atoms with van der Waals surface area (Å²) in [5, 5.41) is 9.85. The molecule has 0 bridgehead atoms. The molecule has 4 unspecified atom stereocenters. The Morgan fingerprint density at radius 1 is 1.06 bits per heavy atom. The van der Waals surface area contributed by atoms with Crippen LogP contribution in [0.2, 0.25) is 0 Å². The van der Waals surface area contributed by atoms with Gasteiger partial charge in [0.1, 0.15) is 0 Å². The van der Waals surface area contributed by atoms with Crippen molar-refractivity contribution in [1.29, 1.82) is 0 Å². The Bertz CT molecular complexity index is 231. The fraction of sp³-hybridized carbons (Fsp3) is 1.00. The van der Waals surface area contributed by atoms with Gasteiger partial charge in [-0.1, -0.05) is 26.2 Å². The van der Waals surface area contributed by atoms with Crippen molar-refractivity contribution in [1.82, 2.24) is 4.90 Å². The zero-order valence-electron chi connectivity index (χ0n) is 11.6. The average Bonchev–Trinajstić information content (AvgIpc) is 2.72. The first kappa shape index (κ1) is 13.4. The van der Waals surface area contributed by atoms with E-state index in [1.807, 2.05) is 0 Å². The molecule has 0 spiro atoms. The Hall–Kier alpha value is -0.0800. The third-order valence-electron chi connectivity index (χ3n) is 5.10. The van der Waals surface area contributed by atoms with Gasteiger partial charge in [-0.05, 0) is 57.5 Å². The molecule has 2 nitrogen and oxygen atoms in total. The van der Waals surface area contributed by atoms with Crippen LogP contribution in [0.3, 0.4) is 0 Å². The highest BCUT2D eigenvalue weighted by atomic mass is 16.3. The number of hydrogen-bond acceptors (Lipinski definition) is 2. The highest BCUT2D eigenvalue weighted by Crippen LogP contribution is 2.30. The van der Waals surface area contributed by atoms with Crippen molar-refractivity contribution in [2.75, 3.05) is 13.6 Å². The van der Waals surface area contributed by atoms with E-state index in [0.29, 0.717) is 5.92 Å². The van der Waals surface area contributed by atoms with Gasteiger partial charge in [-0.25, -0.2) is 0 Å². The van der Waals surface area contributed by atoms with E-state index in [9.17, 15) is 5.11 Å². The summed E-state index contributed by atoms with van der Waals surface area (Å²) >= 11 is 0. The van der Waals surface area contributed by atoms with E-state index in [1.54, 1.807) is 0 Å². The molecule has 1 N–H and O–H groups in total. The van der Waals surface area contributed by atoms with Crippen molar-refractivity contribution in [2.24, 2.45) is 11.8 Å². The van der Waals surface area contributed by atoms with Crippen molar-refractivity contribution >= 4 is 0 Å². The normalized spacial score (nSPS) is 38.8. The van der Waals surface area contributed by atoms with Crippen LogP contribution in [0.25, 0.3) is 0 Å². The van der Waals surface area contributed by atoms with Crippen LogP contribution in [-0.4, -0.2) is 35.7 Å². The van der Waals surface area contributed by atoms with Gasteiger partial charge >= 0.3 is 0 Å². The van der Waals surface area contributed by atoms with Crippen molar-refractivity contribution in [3.05, 3.63) is 0 Å². The van der Waals surface area contributed by atoms with Crippen LogP contribution in [0, 0.1) is 11.8 Å². The van der Waals surface area contributed by atoms with Crippen molar-refractivity contribution in [3.63, 3.8) is 0 Å². The molecule has 0 aromatic rings. The molecule has 0 amide bonds. The second kappa shape index (κ2) is 6.19. The van der Waals surface area contributed by atoms with Crippen LogP contribution in [0.5, 0.6) is 0 Å². The molecule has 2 aliphatic rings. The maximum absolute atomic E-state index is 9.85. The smallest absolute Gasteiger partial charge is 0.0568 e. The first-order valence-corrected chi connectivity index (χ1v) is 7.57. The van der Waals surface area contributed by atoms with Crippen LogP contribution in [-0.2, 0) is 0 Å². The van der Waals surface area contributed by atoms with Crippen molar-refractivity contribution < 1.29 is 5.11 Å². The molecule has 0 heterocycles. The van der Waals surface area contributed by atoms with E-state index in [2.05, 4.69) is 18.9 Å². The van der Waals surface area contributed by atoms with Gasteiger partial charge < -0.3 is 10.0 Å². The third-order valence-corrected chi connectivity index (χ3v) is 5.10. The molecule has 0 saturated heterocycles. The lowest BCUT2D eigenvalue weighted by atomic mass is 9.85. The van der Waals surface area contributed by atoms with Gasteiger partial charge in [0, 0.05) is 6.04 Å². The van der Waals surface area contributed by atoms with Crippen LogP contribution < -0.4 is 0 Å². The Morgan fingerprint density at radius 3 is 2.47 bits per heavy atom. The molecule has 0 aliphatic heterocycles. The Morgan fingerprint density at radius 2 is 1.82 bits per heavy atom.